The van der Waals surface area contributed by atoms with Crippen LogP contribution in [0.5, 0.6) is 0 Å². The maximum atomic E-state index is 12.5. The van der Waals surface area contributed by atoms with Crippen molar-refractivity contribution >= 4 is 30.2 Å². The molecule has 0 aromatic carbocycles. The normalized spacial score (nSPS) is 21.8. The minimum Gasteiger partial charge on any atom is -0.480 e. The number of carbonyl (C=O) groups excluding carboxylic acids is 2. The summed E-state index contributed by atoms with van der Waals surface area (Å²) in [5, 5.41) is 15.2. The molecule has 8 heteroatoms. The van der Waals surface area contributed by atoms with E-state index in [4.69, 9.17) is 0 Å². The molecule has 2 saturated heterocycles. The van der Waals surface area contributed by atoms with E-state index >= 15 is 0 Å². The molecule has 2 fully saturated rings. The van der Waals surface area contributed by atoms with Crippen molar-refractivity contribution in [1.82, 2.24) is 15.5 Å². The highest BCUT2D eigenvalue weighted by Crippen LogP contribution is 2.21. The summed E-state index contributed by atoms with van der Waals surface area (Å²) < 4.78 is 0. The van der Waals surface area contributed by atoms with Crippen LogP contribution in [0.1, 0.15) is 58.3 Å². The summed E-state index contributed by atoms with van der Waals surface area (Å²) in [6.45, 7) is 5.08. The van der Waals surface area contributed by atoms with Gasteiger partial charge in [-0.15, -0.1) is 12.4 Å². The molecule has 2 atom stereocenters. The molecule has 0 saturated carbocycles. The summed E-state index contributed by atoms with van der Waals surface area (Å²) in [7, 11) is 0. The van der Waals surface area contributed by atoms with Gasteiger partial charge in [0.15, 0.2) is 0 Å². The van der Waals surface area contributed by atoms with Gasteiger partial charge in [-0.05, 0) is 57.5 Å². The van der Waals surface area contributed by atoms with Gasteiger partial charge in [0.05, 0.1) is 5.92 Å². The van der Waals surface area contributed by atoms with Gasteiger partial charge in [0.2, 0.25) is 11.8 Å². The summed E-state index contributed by atoms with van der Waals surface area (Å²) >= 11 is 0. The fraction of sp³-hybridized carbons (Fsp3) is 0.842. The van der Waals surface area contributed by atoms with E-state index in [-0.39, 0.29) is 30.1 Å². The van der Waals surface area contributed by atoms with Crippen LogP contribution in [-0.2, 0) is 14.4 Å². The Labute approximate surface area is 168 Å². The molecule has 3 N–H and O–H groups in total. The number of rotatable bonds is 8. The highest BCUT2D eigenvalue weighted by atomic mass is 35.5. The highest BCUT2D eigenvalue weighted by molar-refractivity contribution is 5.86. The average molecular weight is 404 g/mol. The number of halogens is 1. The molecular weight excluding hydrogens is 370 g/mol. The molecule has 0 unspecified atom stereocenters. The molecule has 0 radical (unpaired) electrons. The molecular formula is C19H34ClN3O4. The Morgan fingerprint density at radius 1 is 1.22 bits per heavy atom. The number of piperidine rings is 2. The van der Waals surface area contributed by atoms with Crippen molar-refractivity contribution in [3.05, 3.63) is 0 Å². The van der Waals surface area contributed by atoms with E-state index in [1.165, 1.54) is 0 Å². The molecule has 0 spiro atoms. The number of amides is 2. The lowest BCUT2D eigenvalue weighted by molar-refractivity contribution is -0.144. The fourth-order valence-corrected chi connectivity index (χ4v) is 3.91. The molecule has 2 heterocycles. The Morgan fingerprint density at radius 2 is 1.93 bits per heavy atom. The van der Waals surface area contributed by atoms with Crippen LogP contribution in [-0.4, -0.2) is 60.0 Å². The van der Waals surface area contributed by atoms with Crippen molar-refractivity contribution in [2.75, 3.05) is 26.2 Å². The molecule has 7 nitrogen and oxygen atoms in total. The van der Waals surface area contributed by atoms with Crippen LogP contribution in [0.25, 0.3) is 0 Å². The third kappa shape index (κ3) is 7.66. The number of aliphatic carboxylic acids is 1. The van der Waals surface area contributed by atoms with Crippen LogP contribution in [0.4, 0.5) is 0 Å². The fourth-order valence-electron chi connectivity index (χ4n) is 3.91. The van der Waals surface area contributed by atoms with Crippen LogP contribution in [0.2, 0.25) is 0 Å². The zero-order chi connectivity index (χ0) is 18.9. The van der Waals surface area contributed by atoms with Gasteiger partial charge in [-0.25, -0.2) is 4.79 Å². The Bertz CT molecular complexity index is 497. The predicted molar refractivity (Wildman–Crippen MR) is 106 cm³/mol. The minimum absolute atomic E-state index is 0. The predicted octanol–water partition coefficient (Wildman–Crippen LogP) is 1.80. The highest BCUT2D eigenvalue weighted by Gasteiger charge is 2.30. The first-order valence-corrected chi connectivity index (χ1v) is 10.0. The van der Waals surface area contributed by atoms with Gasteiger partial charge in [0.25, 0.3) is 0 Å². The van der Waals surface area contributed by atoms with Gasteiger partial charge >= 0.3 is 5.97 Å². The second-order valence-corrected chi connectivity index (χ2v) is 7.60. The van der Waals surface area contributed by atoms with Crippen molar-refractivity contribution < 1.29 is 19.5 Å². The summed E-state index contributed by atoms with van der Waals surface area (Å²) in [4.78, 5) is 38.0. The van der Waals surface area contributed by atoms with Gasteiger partial charge in [0.1, 0.15) is 6.04 Å². The summed E-state index contributed by atoms with van der Waals surface area (Å²) in [5.74, 6) is -0.781. The quantitative estimate of drug-likeness (QED) is 0.574. The molecule has 2 aliphatic heterocycles. The number of nitrogens with one attached hydrogen (secondary N) is 2. The Balaban J connectivity index is 0.00000364. The first kappa shape index (κ1) is 23.7. The van der Waals surface area contributed by atoms with Gasteiger partial charge in [-0.3, -0.25) is 9.59 Å². The van der Waals surface area contributed by atoms with Crippen molar-refractivity contribution in [3.8, 4) is 0 Å². The average Bonchev–Trinajstić information content (AvgIpc) is 2.66. The maximum absolute atomic E-state index is 12.5. The van der Waals surface area contributed by atoms with E-state index in [0.29, 0.717) is 44.7 Å². The molecule has 2 rings (SSSR count). The number of carboxylic acid groups (broad SMARTS) is 1. The van der Waals surface area contributed by atoms with Crippen molar-refractivity contribution in [1.29, 1.82) is 0 Å². The smallest absolute Gasteiger partial charge is 0.326 e. The summed E-state index contributed by atoms with van der Waals surface area (Å²) in [6, 6.07) is -0.835. The summed E-state index contributed by atoms with van der Waals surface area (Å²) in [5.41, 5.74) is 0. The third-order valence-electron chi connectivity index (χ3n) is 5.56. The minimum atomic E-state index is -0.995. The zero-order valence-electron chi connectivity index (χ0n) is 16.2. The maximum Gasteiger partial charge on any atom is 0.326 e. The molecule has 0 aromatic rings. The molecule has 2 amide bonds. The molecule has 27 heavy (non-hydrogen) atoms. The first-order valence-electron chi connectivity index (χ1n) is 10.0. The monoisotopic (exact) mass is 403 g/mol. The molecule has 0 aromatic heterocycles. The SMILES string of the molecule is CCC[C@H](NC(=O)[C@@H]1CCCN(C(=O)CCC2CCNCC2)C1)C(=O)O.Cl. The molecule has 0 aliphatic carbocycles. The largest absolute Gasteiger partial charge is 0.480 e. The zero-order valence-corrected chi connectivity index (χ0v) is 17.1. The van der Waals surface area contributed by atoms with Crippen molar-refractivity contribution in [3.63, 3.8) is 0 Å². The van der Waals surface area contributed by atoms with E-state index in [9.17, 15) is 19.5 Å². The lowest BCUT2D eigenvalue weighted by Crippen LogP contribution is -2.49. The number of hydrogen-bond donors (Lipinski definition) is 3. The van der Waals surface area contributed by atoms with Crippen LogP contribution in [0, 0.1) is 11.8 Å². The lowest BCUT2D eigenvalue weighted by Gasteiger charge is -2.33. The van der Waals surface area contributed by atoms with Crippen LogP contribution >= 0.6 is 12.4 Å². The van der Waals surface area contributed by atoms with E-state index in [2.05, 4.69) is 10.6 Å². The first-order chi connectivity index (χ1) is 12.5. The van der Waals surface area contributed by atoms with Crippen LogP contribution < -0.4 is 10.6 Å². The Hall–Kier alpha value is -1.34. The van der Waals surface area contributed by atoms with Crippen molar-refractivity contribution in [2.45, 2.75) is 64.3 Å². The molecule has 2 aliphatic rings. The second-order valence-electron chi connectivity index (χ2n) is 7.60. The van der Waals surface area contributed by atoms with Gasteiger partial charge in [-0.1, -0.05) is 13.3 Å². The Kier molecular flexibility index (Phi) is 10.7. The van der Waals surface area contributed by atoms with Crippen molar-refractivity contribution in [2.24, 2.45) is 11.8 Å². The second kappa shape index (κ2) is 12.2. The lowest BCUT2D eigenvalue weighted by atomic mass is 9.92. The molecule has 0 bridgehead atoms. The van der Waals surface area contributed by atoms with Gasteiger partial charge in [-0.2, -0.15) is 0 Å². The number of carboxylic acids is 1. The van der Waals surface area contributed by atoms with E-state index in [0.717, 1.165) is 38.8 Å². The molecule has 156 valence electrons. The standard InChI is InChI=1S/C19H33N3O4.ClH/c1-2-4-16(19(25)26)21-18(24)15-5-3-12-22(13-15)17(23)7-6-14-8-10-20-11-9-14;/h14-16,20H,2-13H2,1H3,(H,21,24)(H,25,26);1H/t15-,16+;/m1./s1. The number of carbonyl (C=O) groups is 3. The van der Waals surface area contributed by atoms with E-state index < -0.39 is 12.0 Å². The van der Waals surface area contributed by atoms with E-state index in [1.54, 1.807) is 4.90 Å². The summed E-state index contributed by atoms with van der Waals surface area (Å²) in [6.07, 6.45) is 6.36. The number of likely N-dealkylation sites (tertiary alicyclic amines) is 1. The van der Waals surface area contributed by atoms with Crippen LogP contribution in [0.15, 0.2) is 0 Å². The Morgan fingerprint density at radius 3 is 2.56 bits per heavy atom. The van der Waals surface area contributed by atoms with E-state index in [1.807, 2.05) is 6.92 Å². The number of nitrogens with zero attached hydrogens (tertiary/aromatic N) is 1. The topological polar surface area (TPSA) is 98.7 Å². The number of hydrogen-bond acceptors (Lipinski definition) is 4. The van der Waals surface area contributed by atoms with Gasteiger partial charge < -0.3 is 20.6 Å². The third-order valence-corrected chi connectivity index (χ3v) is 5.56. The van der Waals surface area contributed by atoms with Crippen LogP contribution in [0.3, 0.4) is 0 Å². The van der Waals surface area contributed by atoms with Gasteiger partial charge in [0, 0.05) is 19.5 Å².